The molecule has 0 atom stereocenters. The van der Waals surface area contributed by atoms with Gasteiger partial charge in [0.05, 0.1) is 0 Å². The number of aromatic nitrogens is 2. The van der Waals surface area contributed by atoms with Gasteiger partial charge in [0.1, 0.15) is 13.1 Å². The molecule has 1 aromatic rings. The Labute approximate surface area is 107 Å². The average molecular weight is 270 g/mol. The van der Waals surface area contributed by atoms with Crippen molar-refractivity contribution in [1.82, 2.24) is 14.5 Å². The summed E-state index contributed by atoms with van der Waals surface area (Å²) >= 11 is 0. The number of aliphatic carboxylic acids is 1. The van der Waals surface area contributed by atoms with Crippen LogP contribution in [0.1, 0.15) is 0 Å². The molecular formula is C10H14N4O5. The van der Waals surface area contributed by atoms with E-state index in [1.54, 1.807) is 0 Å². The summed E-state index contributed by atoms with van der Waals surface area (Å²) in [6.07, 6.45) is 1.17. The normalized spacial score (nSPS) is 10.2. The predicted octanol–water partition coefficient (Wildman–Crippen LogP) is -2.59. The van der Waals surface area contributed by atoms with Gasteiger partial charge in [0.2, 0.25) is 5.91 Å². The van der Waals surface area contributed by atoms with E-state index in [1.807, 2.05) is 4.98 Å². The molecule has 0 bridgehead atoms. The largest absolute Gasteiger partial charge is 0.480 e. The first-order valence-corrected chi connectivity index (χ1v) is 5.43. The smallest absolute Gasteiger partial charge is 0.328 e. The van der Waals surface area contributed by atoms with Gasteiger partial charge in [0.15, 0.2) is 0 Å². The molecule has 9 heteroatoms. The number of amides is 1. The first kappa shape index (κ1) is 14.6. The van der Waals surface area contributed by atoms with Crippen molar-refractivity contribution >= 4 is 11.9 Å². The summed E-state index contributed by atoms with van der Waals surface area (Å²) in [5.74, 6) is -1.74. The molecule has 0 aliphatic rings. The summed E-state index contributed by atoms with van der Waals surface area (Å²) in [5, 5.41) is 8.67. The fourth-order valence-corrected chi connectivity index (χ4v) is 1.43. The zero-order valence-corrected chi connectivity index (χ0v) is 10.0. The van der Waals surface area contributed by atoms with Crippen LogP contribution in [0.15, 0.2) is 21.9 Å². The summed E-state index contributed by atoms with van der Waals surface area (Å²) in [6, 6.07) is 1.10. The molecule has 1 heterocycles. The number of nitrogens with zero attached hydrogens (tertiary/aromatic N) is 2. The Morgan fingerprint density at radius 1 is 1.42 bits per heavy atom. The third-order valence-corrected chi connectivity index (χ3v) is 2.28. The summed E-state index contributed by atoms with van der Waals surface area (Å²) < 4.78 is 0.981. The second kappa shape index (κ2) is 6.50. The number of rotatable bonds is 6. The molecule has 0 saturated heterocycles. The van der Waals surface area contributed by atoms with Crippen molar-refractivity contribution in [3.05, 3.63) is 33.1 Å². The molecule has 0 fully saturated rings. The molecule has 0 aromatic carbocycles. The van der Waals surface area contributed by atoms with Gasteiger partial charge in [-0.05, 0) is 0 Å². The van der Waals surface area contributed by atoms with Crippen LogP contribution >= 0.6 is 0 Å². The number of carbonyl (C=O) groups excluding carboxylic acids is 1. The van der Waals surface area contributed by atoms with Crippen LogP contribution < -0.4 is 17.0 Å². The highest BCUT2D eigenvalue weighted by Gasteiger charge is 2.16. The number of aromatic amines is 1. The van der Waals surface area contributed by atoms with E-state index in [0.29, 0.717) is 0 Å². The maximum atomic E-state index is 11.8. The molecule has 19 heavy (non-hydrogen) atoms. The molecule has 0 radical (unpaired) electrons. The maximum absolute atomic E-state index is 11.8. The Kier molecular flexibility index (Phi) is 5.01. The number of carbonyl (C=O) groups is 2. The lowest BCUT2D eigenvalue weighted by atomic mass is 10.4. The summed E-state index contributed by atoms with van der Waals surface area (Å²) in [4.78, 5) is 47.7. The zero-order chi connectivity index (χ0) is 14.4. The van der Waals surface area contributed by atoms with E-state index in [4.69, 9.17) is 10.8 Å². The molecule has 0 aliphatic heterocycles. The van der Waals surface area contributed by atoms with Gasteiger partial charge >= 0.3 is 11.7 Å². The van der Waals surface area contributed by atoms with Gasteiger partial charge in [0.25, 0.3) is 5.56 Å². The van der Waals surface area contributed by atoms with E-state index in [1.165, 1.54) is 6.20 Å². The number of H-pyrrole nitrogens is 1. The van der Waals surface area contributed by atoms with E-state index in [-0.39, 0.29) is 19.6 Å². The van der Waals surface area contributed by atoms with Gasteiger partial charge in [-0.25, -0.2) is 4.79 Å². The molecule has 0 unspecified atom stereocenters. The summed E-state index contributed by atoms with van der Waals surface area (Å²) in [7, 11) is 0. The van der Waals surface area contributed by atoms with Crippen molar-refractivity contribution in [1.29, 1.82) is 0 Å². The SMILES string of the molecule is NCCN(CC(=O)O)C(=O)Cn1ccc(=O)[nH]c1=O. The molecule has 1 aromatic heterocycles. The van der Waals surface area contributed by atoms with Crippen molar-refractivity contribution in [2.45, 2.75) is 6.54 Å². The van der Waals surface area contributed by atoms with E-state index >= 15 is 0 Å². The Hall–Kier alpha value is -2.42. The first-order valence-electron chi connectivity index (χ1n) is 5.43. The Balaban J connectivity index is 2.83. The molecule has 104 valence electrons. The number of nitrogens with one attached hydrogen (secondary N) is 1. The van der Waals surface area contributed by atoms with Gasteiger partial charge in [-0.15, -0.1) is 0 Å². The lowest BCUT2D eigenvalue weighted by Gasteiger charge is -2.20. The quantitative estimate of drug-likeness (QED) is 0.518. The molecule has 0 spiro atoms. The highest BCUT2D eigenvalue weighted by Crippen LogP contribution is 1.92. The number of hydrogen-bond donors (Lipinski definition) is 3. The lowest BCUT2D eigenvalue weighted by Crippen LogP contribution is -2.42. The average Bonchev–Trinajstić information content (AvgIpc) is 2.31. The van der Waals surface area contributed by atoms with Crippen LogP contribution in [0.4, 0.5) is 0 Å². The lowest BCUT2D eigenvalue weighted by molar-refractivity contribution is -0.144. The fourth-order valence-electron chi connectivity index (χ4n) is 1.43. The molecular weight excluding hydrogens is 256 g/mol. The van der Waals surface area contributed by atoms with E-state index in [2.05, 4.69) is 0 Å². The summed E-state index contributed by atoms with van der Waals surface area (Å²) in [6.45, 7) is -0.667. The van der Waals surface area contributed by atoms with Gasteiger partial charge in [-0.2, -0.15) is 0 Å². The predicted molar refractivity (Wildman–Crippen MR) is 64.6 cm³/mol. The molecule has 4 N–H and O–H groups in total. The molecule has 1 amide bonds. The van der Waals surface area contributed by atoms with Crippen LogP contribution in [0.5, 0.6) is 0 Å². The molecule has 0 saturated carbocycles. The molecule has 9 nitrogen and oxygen atoms in total. The van der Waals surface area contributed by atoms with Crippen LogP contribution in [-0.2, 0) is 16.1 Å². The Morgan fingerprint density at radius 2 is 2.11 bits per heavy atom. The van der Waals surface area contributed by atoms with E-state index in [0.717, 1.165) is 15.5 Å². The van der Waals surface area contributed by atoms with Crippen LogP contribution in [0.3, 0.4) is 0 Å². The van der Waals surface area contributed by atoms with Crippen LogP contribution in [0.2, 0.25) is 0 Å². The molecule has 0 aliphatic carbocycles. The third kappa shape index (κ3) is 4.39. The van der Waals surface area contributed by atoms with Gasteiger partial charge in [0, 0.05) is 25.4 Å². The van der Waals surface area contributed by atoms with Crippen LogP contribution in [-0.4, -0.2) is 51.1 Å². The zero-order valence-electron chi connectivity index (χ0n) is 10.0. The van der Waals surface area contributed by atoms with Gasteiger partial charge in [-0.3, -0.25) is 23.9 Å². The highest BCUT2D eigenvalue weighted by atomic mass is 16.4. The van der Waals surface area contributed by atoms with Crippen molar-refractivity contribution in [2.75, 3.05) is 19.6 Å². The van der Waals surface area contributed by atoms with Gasteiger partial charge in [-0.1, -0.05) is 0 Å². The van der Waals surface area contributed by atoms with Crippen LogP contribution in [0.25, 0.3) is 0 Å². The highest BCUT2D eigenvalue weighted by molar-refractivity contribution is 5.81. The van der Waals surface area contributed by atoms with Gasteiger partial charge < -0.3 is 15.7 Å². The second-order valence-electron chi connectivity index (χ2n) is 3.74. The van der Waals surface area contributed by atoms with Crippen molar-refractivity contribution < 1.29 is 14.7 Å². The second-order valence-corrected chi connectivity index (χ2v) is 3.74. The molecule has 1 rings (SSSR count). The first-order chi connectivity index (χ1) is 8.93. The standard InChI is InChI=1S/C10H14N4O5/c11-2-4-13(6-9(17)18)8(16)5-14-3-1-7(15)12-10(14)19/h1,3H,2,4-6,11H2,(H,17,18)(H,12,15,19). The Bertz CT molecular complexity index is 576. The Morgan fingerprint density at radius 3 is 2.63 bits per heavy atom. The number of hydrogen-bond acceptors (Lipinski definition) is 5. The maximum Gasteiger partial charge on any atom is 0.328 e. The minimum atomic E-state index is -1.17. The number of nitrogens with two attached hydrogens (primary N) is 1. The minimum Gasteiger partial charge on any atom is -0.480 e. The number of carboxylic acid groups (broad SMARTS) is 1. The van der Waals surface area contributed by atoms with Crippen molar-refractivity contribution in [3.63, 3.8) is 0 Å². The topological polar surface area (TPSA) is 138 Å². The fraction of sp³-hybridized carbons (Fsp3) is 0.400. The monoisotopic (exact) mass is 270 g/mol. The van der Waals surface area contributed by atoms with Crippen LogP contribution in [0, 0.1) is 0 Å². The van der Waals surface area contributed by atoms with Crippen molar-refractivity contribution in [3.8, 4) is 0 Å². The van der Waals surface area contributed by atoms with Crippen molar-refractivity contribution in [2.24, 2.45) is 5.73 Å². The van der Waals surface area contributed by atoms with E-state index < -0.39 is 29.7 Å². The summed E-state index contributed by atoms with van der Waals surface area (Å²) in [5.41, 5.74) is 3.98. The minimum absolute atomic E-state index is 0.0727. The third-order valence-electron chi connectivity index (χ3n) is 2.28. The van der Waals surface area contributed by atoms with E-state index in [9.17, 15) is 19.2 Å². The number of carboxylic acids is 1.